The summed E-state index contributed by atoms with van der Waals surface area (Å²) in [5.74, 6) is 0.782. The molecule has 2 heterocycles. The summed E-state index contributed by atoms with van der Waals surface area (Å²) in [4.78, 5) is 12.6. The molecule has 0 saturated carbocycles. The number of nitrogens with one attached hydrogen (secondary N) is 1. The Labute approximate surface area is 133 Å². The molecule has 0 fully saturated rings. The average molecular weight is 310 g/mol. The predicted octanol–water partition coefficient (Wildman–Crippen LogP) is 2.34. The van der Waals surface area contributed by atoms with E-state index in [1.54, 1.807) is 0 Å². The van der Waals surface area contributed by atoms with Crippen LogP contribution in [0.3, 0.4) is 0 Å². The van der Waals surface area contributed by atoms with Crippen molar-refractivity contribution in [3.63, 3.8) is 0 Å². The van der Waals surface area contributed by atoms with Gasteiger partial charge < -0.3 is 4.74 Å². The zero-order valence-corrected chi connectivity index (χ0v) is 13.0. The number of aromatic amines is 1. The topological polar surface area (TPSA) is 72.8 Å². The molecule has 6 nitrogen and oxygen atoms in total. The highest BCUT2D eigenvalue weighted by atomic mass is 16.5. The lowest BCUT2D eigenvalue weighted by Gasteiger charge is -2.16. The third-order valence-electron chi connectivity index (χ3n) is 4.27. The van der Waals surface area contributed by atoms with E-state index in [0.717, 1.165) is 54.1 Å². The van der Waals surface area contributed by atoms with E-state index in [1.165, 1.54) is 4.68 Å². The summed E-state index contributed by atoms with van der Waals surface area (Å²) in [6, 6.07) is 7.38. The molecule has 1 aromatic rings. The smallest absolute Gasteiger partial charge is 0.301 e. The minimum atomic E-state index is -0.186. The Morgan fingerprint density at radius 1 is 1.17 bits per heavy atom. The van der Waals surface area contributed by atoms with E-state index in [2.05, 4.69) is 15.3 Å². The lowest BCUT2D eigenvalue weighted by Crippen LogP contribution is -2.16. The third kappa shape index (κ3) is 2.30. The molecule has 0 amide bonds. The maximum absolute atomic E-state index is 12.6. The fraction of sp³-hybridized carbons (Fsp3) is 0.353. The number of hydrogen-bond acceptors (Lipinski definition) is 4. The van der Waals surface area contributed by atoms with Gasteiger partial charge in [-0.25, -0.2) is 0 Å². The van der Waals surface area contributed by atoms with Gasteiger partial charge in [0.1, 0.15) is 11.4 Å². The normalized spacial score (nSPS) is 14.0. The second-order valence-electron chi connectivity index (χ2n) is 5.73. The van der Waals surface area contributed by atoms with Crippen LogP contribution in [0, 0.1) is 0 Å². The van der Waals surface area contributed by atoms with Crippen molar-refractivity contribution in [3.05, 3.63) is 45.9 Å². The quantitative estimate of drug-likeness (QED) is 0.806. The van der Waals surface area contributed by atoms with Gasteiger partial charge in [0, 0.05) is 11.3 Å². The molecule has 0 spiro atoms. The van der Waals surface area contributed by atoms with Crippen LogP contribution in [0.15, 0.2) is 29.1 Å². The van der Waals surface area contributed by atoms with Gasteiger partial charge in [0.05, 0.1) is 12.3 Å². The van der Waals surface area contributed by atoms with Crippen molar-refractivity contribution >= 4 is 0 Å². The molecule has 0 atom stereocenters. The lowest BCUT2D eigenvalue weighted by molar-refractivity contribution is 0.340. The maximum atomic E-state index is 12.6. The Balaban J connectivity index is 1.83. The van der Waals surface area contributed by atoms with Crippen molar-refractivity contribution < 1.29 is 4.74 Å². The summed E-state index contributed by atoms with van der Waals surface area (Å²) in [6.45, 7) is 2.55. The van der Waals surface area contributed by atoms with Gasteiger partial charge in [-0.05, 0) is 56.9 Å². The van der Waals surface area contributed by atoms with Crippen molar-refractivity contribution in [3.8, 4) is 22.8 Å². The minimum absolute atomic E-state index is 0.186. The van der Waals surface area contributed by atoms with E-state index < -0.39 is 0 Å². The Morgan fingerprint density at radius 3 is 2.74 bits per heavy atom. The third-order valence-corrected chi connectivity index (χ3v) is 4.27. The molecule has 1 N–H and O–H groups in total. The Morgan fingerprint density at radius 2 is 1.96 bits per heavy atom. The molecule has 0 radical (unpaired) electrons. The second kappa shape index (κ2) is 5.53. The molecule has 0 aromatic heterocycles. The minimum Gasteiger partial charge on any atom is -0.494 e. The van der Waals surface area contributed by atoms with Gasteiger partial charge in [-0.3, -0.25) is 9.89 Å². The fourth-order valence-electron chi connectivity index (χ4n) is 3.14. The Kier molecular flexibility index (Phi) is 3.37. The van der Waals surface area contributed by atoms with Gasteiger partial charge in [-0.1, -0.05) is 0 Å². The number of nitrogens with zero attached hydrogens (tertiary/aromatic N) is 3. The second-order valence-corrected chi connectivity index (χ2v) is 5.73. The van der Waals surface area contributed by atoms with Gasteiger partial charge in [0.15, 0.2) is 5.69 Å². The van der Waals surface area contributed by atoms with Crippen LogP contribution in [0.25, 0.3) is 17.1 Å². The monoisotopic (exact) mass is 310 g/mol. The molecule has 0 unspecified atom stereocenters. The summed E-state index contributed by atoms with van der Waals surface area (Å²) < 4.78 is 6.86. The highest BCUT2D eigenvalue weighted by Crippen LogP contribution is 2.27. The summed E-state index contributed by atoms with van der Waals surface area (Å²) in [7, 11) is 0. The van der Waals surface area contributed by atoms with Gasteiger partial charge in [0.2, 0.25) is 0 Å². The van der Waals surface area contributed by atoms with Crippen LogP contribution in [0.4, 0.5) is 0 Å². The lowest BCUT2D eigenvalue weighted by atomic mass is 9.94. The number of aromatic nitrogens is 4. The van der Waals surface area contributed by atoms with Crippen molar-refractivity contribution in [2.24, 2.45) is 0 Å². The molecule has 0 saturated heterocycles. The van der Waals surface area contributed by atoms with E-state index in [0.29, 0.717) is 12.3 Å². The molecular weight excluding hydrogens is 292 g/mol. The van der Waals surface area contributed by atoms with E-state index >= 15 is 0 Å². The first kappa shape index (κ1) is 14.0. The molecular formula is C17H18N4O2. The summed E-state index contributed by atoms with van der Waals surface area (Å²) >= 11 is 0. The van der Waals surface area contributed by atoms with Crippen LogP contribution in [0.5, 0.6) is 5.75 Å². The van der Waals surface area contributed by atoms with Crippen LogP contribution < -0.4 is 10.3 Å². The van der Waals surface area contributed by atoms with Crippen molar-refractivity contribution in [1.82, 2.24) is 20.0 Å². The Hall–Kier alpha value is -2.63. The van der Waals surface area contributed by atoms with Crippen LogP contribution >= 0.6 is 0 Å². The number of fused-ring (bicyclic) bond motifs is 3. The number of benzene rings is 1. The van der Waals surface area contributed by atoms with Crippen LogP contribution in [-0.2, 0) is 12.8 Å². The molecule has 4 rings (SSSR count). The zero-order chi connectivity index (χ0) is 15.8. The first-order valence-corrected chi connectivity index (χ1v) is 8.00. The van der Waals surface area contributed by atoms with Crippen molar-refractivity contribution in [1.29, 1.82) is 0 Å². The molecule has 23 heavy (non-hydrogen) atoms. The van der Waals surface area contributed by atoms with Crippen molar-refractivity contribution in [2.75, 3.05) is 6.61 Å². The molecule has 0 bridgehead atoms. The predicted molar refractivity (Wildman–Crippen MR) is 86.4 cm³/mol. The zero-order valence-electron chi connectivity index (χ0n) is 13.0. The maximum Gasteiger partial charge on any atom is 0.301 e. The number of ether oxygens (including phenoxy) is 1. The van der Waals surface area contributed by atoms with Crippen LogP contribution in [-0.4, -0.2) is 26.6 Å². The number of aryl methyl sites for hydroxylation is 1. The molecule has 3 aliphatic rings. The number of hydrogen-bond donors (Lipinski definition) is 1. The summed E-state index contributed by atoms with van der Waals surface area (Å²) in [5, 5.41) is 11.8. The highest BCUT2D eigenvalue weighted by molar-refractivity contribution is 5.61. The van der Waals surface area contributed by atoms with Crippen LogP contribution in [0.2, 0.25) is 0 Å². The fourth-order valence-corrected chi connectivity index (χ4v) is 3.14. The van der Waals surface area contributed by atoms with Gasteiger partial charge >= 0.3 is 5.56 Å². The van der Waals surface area contributed by atoms with Crippen LogP contribution in [0.1, 0.15) is 31.0 Å². The first-order chi connectivity index (χ1) is 11.3. The first-order valence-electron chi connectivity index (χ1n) is 8.00. The molecule has 1 aliphatic carbocycles. The van der Waals surface area contributed by atoms with Gasteiger partial charge in [-0.15, -0.1) is 0 Å². The summed E-state index contributed by atoms with van der Waals surface area (Å²) in [6.07, 6.45) is 4.21. The number of rotatable bonds is 3. The molecule has 1 aromatic carbocycles. The van der Waals surface area contributed by atoms with Gasteiger partial charge in [0.25, 0.3) is 0 Å². The van der Waals surface area contributed by atoms with E-state index in [4.69, 9.17) is 4.74 Å². The van der Waals surface area contributed by atoms with Gasteiger partial charge in [-0.2, -0.15) is 14.9 Å². The van der Waals surface area contributed by atoms with E-state index in [1.807, 2.05) is 31.2 Å². The molecule has 6 heteroatoms. The van der Waals surface area contributed by atoms with E-state index in [9.17, 15) is 4.79 Å². The Bertz CT molecular complexity index is 863. The standard InChI is InChI=1S/C17H18N4O2/c1-2-23-12-9-7-11(8-10-12)21-17(22)16-15(20-21)13-5-3-4-6-14(13)18-19-16/h7-10,18H,2-6H2,1H3. The molecule has 118 valence electrons. The summed E-state index contributed by atoms with van der Waals surface area (Å²) in [5.41, 5.74) is 3.94. The highest BCUT2D eigenvalue weighted by Gasteiger charge is 2.25. The SMILES string of the molecule is CCOc1ccc(-n2nc3c4c([nH]nc-3c2=O)CCCC4)cc1. The largest absolute Gasteiger partial charge is 0.494 e. The average Bonchev–Trinajstić information content (AvgIpc) is 2.93. The van der Waals surface area contributed by atoms with E-state index in [-0.39, 0.29) is 5.56 Å². The number of H-pyrrole nitrogens is 1. The van der Waals surface area contributed by atoms with Crippen molar-refractivity contribution in [2.45, 2.75) is 32.6 Å². The molecule has 2 aliphatic heterocycles.